The maximum Gasteiger partial charge on any atom is 0.307 e. The first-order valence-electron chi connectivity index (χ1n) is 21.9. The summed E-state index contributed by atoms with van der Waals surface area (Å²) in [5, 5.41) is 26.5. The molecule has 0 bridgehead atoms. The van der Waals surface area contributed by atoms with Crippen LogP contribution in [0.3, 0.4) is 0 Å². The van der Waals surface area contributed by atoms with Crippen LogP contribution in [0.2, 0.25) is 0 Å². The molecule has 0 radical (unpaired) electrons. The smallest absolute Gasteiger partial charge is 0.307 e. The molecule has 1 amide bonds. The highest BCUT2D eigenvalue weighted by Gasteiger charge is 2.34. The zero-order chi connectivity index (χ0) is 46.5. The van der Waals surface area contributed by atoms with Gasteiger partial charge in [0.15, 0.2) is 5.82 Å². The van der Waals surface area contributed by atoms with Crippen molar-refractivity contribution in [2.75, 3.05) is 59.8 Å². The predicted molar refractivity (Wildman–Crippen MR) is 249 cm³/mol. The fraction of sp³-hybridized carbons (Fsp3) is 0.404. The van der Waals surface area contributed by atoms with Gasteiger partial charge in [-0.15, -0.1) is 21.5 Å². The number of carbonyl (C=O) groups is 2. The average molecular weight is 939 g/mol. The Morgan fingerprint density at radius 3 is 2.39 bits per heavy atom. The number of methoxy groups -OCH3 is 1. The summed E-state index contributed by atoms with van der Waals surface area (Å²) in [5.41, 5.74) is 7.29. The lowest BCUT2D eigenvalue weighted by atomic mass is 9.99. The molecule has 0 unspecified atom stereocenters. The Morgan fingerprint density at radius 2 is 1.65 bits per heavy atom. The maximum absolute atomic E-state index is 14.2. The van der Waals surface area contributed by atoms with E-state index in [9.17, 15) is 23.1 Å². The highest BCUT2D eigenvalue weighted by molar-refractivity contribution is 7.89. The summed E-state index contributed by atoms with van der Waals surface area (Å²) < 4.78 is 56.5. The van der Waals surface area contributed by atoms with Crippen molar-refractivity contribution >= 4 is 44.5 Å². The monoisotopic (exact) mass is 938 g/mol. The van der Waals surface area contributed by atoms with Gasteiger partial charge < -0.3 is 29.4 Å². The zero-order valence-electron chi connectivity index (χ0n) is 37.7. The number of pyridine rings is 1. The third kappa shape index (κ3) is 10.1. The average Bonchev–Trinajstić information content (AvgIpc) is 3.96. The van der Waals surface area contributed by atoms with E-state index < -0.39 is 22.0 Å². The van der Waals surface area contributed by atoms with Gasteiger partial charge >= 0.3 is 5.97 Å². The molecule has 4 aromatic heterocycles. The summed E-state index contributed by atoms with van der Waals surface area (Å²) in [6.45, 7) is 10.3. The number of piperidine rings is 1. The molecule has 0 spiro atoms. The molecule has 2 N–H and O–H groups in total. The molecule has 0 saturated carbocycles. The standard InChI is InChI=1S/C47H54N8O9S2/c1-29-6-8-33(9-7-29)45-44-30(2)31(3)65-47(44)55-32(4)51-52-46(55)39(50-45)27-42(56)48-15-19-62-20-21-63-22-23-64-37-10-11-38(34-12-18-54-40(24-34)35(28-49-54)25-43(57)58)41(26-37)66(59,60)53-16-13-36(61-5)14-17-53/h6-12,18,24,26,28,36,39H,13-17,19-23,25,27H2,1-5H3,(H,48,56)(H,57,58)/t39-/m1/s1. The van der Waals surface area contributed by atoms with Gasteiger partial charge in [-0.3, -0.25) is 19.1 Å². The number of aromatic nitrogens is 5. The Morgan fingerprint density at radius 1 is 0.909 bits per heavy atom. The minimum absolute atomic E-state index is 0.00933. The van der Waals surface area contributed by atoms with Crippen molar-refractivity contribution in [3.05, 3.63) is 111 Å². The maximum atomic E-state index is 14.2. The summed E-state index contributed by atoms with van der Waals surface area (Å²) >= 11 is 1.68. The number of carboxylic acids is 1. The molecular weight excluding hydrogens is 885 g/mol. The molecule has 19 heteroatoms. The van der Waals surface area contributed by atoms with E-state index in [2.05, 4.69) is 65.6 Å². The zero-order valence-corrected chi connectivity index (χ0v) is 39.3. The van der Waals surface area contributed by atoms with Gasteiger partial charge in [-0.25, -0.2) is 12.9 Å². The van der Waals surface area contributed by atoms with Crippen LogP contribution < -0.4 is 10.1 Å². The number of aliphatic imine (C=N–C) groups is 1. The van der Waals surface area contributed by atoms with Gasteiger partial charge in [0.1, 0.15) is 29.2 Å². The number of benzene rings is 2. The van der Waals surface area contributed by atoms with Gasteiger partial charge in [0.05, 0.1) is 67.7 Å². The number of nitrogens with zero attached hydrogens (tertiary/aromatic N) is 7. The summed E-state index contributed by atoms with van der Waals surface area (Å²) in [4.78, 5) is 31.3. The molecule has 6 aromatic rings. The number of carbonyl (C=O) groups excluding carboxylic acids is 1. The van der Waals surface area contributed by atoms with Crippen LogP contribution in [0, 0.1) is 27.7 Å². The first-order valence-corrected chi connectivity index (χ1v) is 24.2. The molecule has 2 aliphatic heterocycles. The predicted octanol–water partition coefficient (Wildman–Crippen LogP) is 5.81. The molecule has 2 aliphatic rings. The molecule has 1 atom stereocenters. The second-order valence-corrected chi connectivity index (χ2v) is 19.5. The Labute approximate surface area is 387 Å². The van der Waals surface area contributed by atoms with E-state index in [0.29, 0.717) is 72.9 Å². The molecule has 348 valence electrons. The number of hydrogen-bond donors (Lipinski definition) is 2. The molecule has 6 heterocycles. The number of rotatable bonds is 19. The Hall–Kier alpha value is -5.83. The van der Waals surface area contributed by atoms with Crippen molar-refractivity contribution in [1.29, 1.82) is 0 Å². The normalized spacial score (nSPS) is 15.6. The second kappa shape index (κ2) is 20.4. The van der Waals surface area contributed by atoms with E-state index in [1.165, 1.54) is 21.4 Å². The highest BCUT2D eigenvalue weighted by atomic mass is 32.2. The molecule has 1 saturated heterocycles. The van der Waals surface area contributed by atoms with Crippen molar-refractivity contribution < 1.29 is 42.1 Å². The Balaban J connectivity index is 0.834. The summed E-state index contributed by atoms with van der Waals surface area (Å²) in [5.74, 6) is 0.547. The molecular formula is C47H54N8O9S2. The minimum atomic E-state index is -3.97. The van der Waals surface area contributed by atoms with Gasteiger partial charge in [0.25, 0.3) is 0 Å². The van der Waals surface area contributed by atoms with E-state index >= 15 is 0 Å². The van der Waals surface area contributed by atoms with E-state index in [-0.39, 0.29) is 56.2 Å². The first kappa shape index (κ1) is 46.7. The van der Waals surface area contributed by atoms with Crippen molar-refractivity contribution in [3.8, 4) is 21.9 Å². The molecule has 66 heavy (non-hydrogen) atoms. The Bertz CT molecular complexity index is 2860. The van der Waals surface area contributed by atoms with Crippen LogP contribution in [-0.4, -0.2) is 126 Å². The van der Waals surface area contributed by atoms with Crippen molar-refractivity contribution in [2.24, 2.45) is 4.99 Å². The van der Waals surface area contributed by atoms with Crippen LogP contribution in [0.5, 0.6) is 5.75 Å². The van der Waals surface area contributed by atoms with Crippen molar-refractivity contribution in [2.45, 2.75) is 70.4 Å². The van der Waals surface area contributed by atoms with E-state index in [1.54, 1.807) is 53.4 Å². The fourth-order valence-corrected chi connectivity index (χ4v) is 11.2. The fourth-order valence-electron chi connectivity index (χ4n) is 8.28. The molecule has 1 fully saturated rings. The number of aryl methyl sites for hydroxylation is 3. The lowest BCUT2D eigenvalue weighted by molar-refractivity contribution is -0.136. The summed E-state index contributed by atoms with van der Waals surface area (Å²) in [6, 6.07) is 16.2. The quantitative estimate of drug-likeness (QED) is 0.0925. The van der Waals surface area contributed by atoms with E-state index in [0.717, 1.165) is 38.8 Å². The molecule has 8 rings (SSSR count). The highest BCUT2D eigenvalue weighted by Crippen LogP contribution is 2.40. The number of carboxylic acid groups (broad SMARTS) is 1. The molecule has 17 nitrogen and oxygen atoms in total. The number of fused-ring (bicyclic) bond motifs is 4. The lowest BCUT2D eigenvalue weighted by Crippen LogP contribution is -2.40. The number of thiophene rings is 1. The van der Waals surface area contributed by atoms with Crippen LogP contribution in [0.1, 0.15) is 69.6 Å². The van der Waals surface area contributed by atoms with Gasteiger partial charge in [-0.2, -0.15) is 9.40 Å². The van der Waals surface area contributed by atoms with Gasteiger partial charge in [-0.05, 0) is 75.9 Å². The van der Waals surface area contributed by atoms with Crippen LogP contribution in [0.4, 0.5) is 0 Å². The molecule has 2 aromatic carbocycles. The number of ether oxygens (including phenoxy) is 4. The SMILES string of the molecule is COC1CCN(S(=O)(=O)c2cc(OCCOCCOCCNC(=O)C[C@H]3N=C(c4ccc(C)cc4)c4c(sc(C)c4C)-n4c(C)nnc43)ccc2-c2ccn3ncc(CC(=O)O)c3c2)CC1. The second-order valence-electron chi connectivity index (χ2n) is 16.4. The number of nitrogens with one attached hydrogen (secondary N) is 1. The Kier molecular flexibility index (Phi) is 14.4. The topological polar surface area (TPSA) is 201 Å². The number of amides is 1. The van der Waals surface area contributed by atoms with Crippen LogP contribution >= 0.6 is 11.3 Å². The third-order valence-corrected chi connectivity index (χ3v) is 15.1. The van der Waals surface area contributed by atoms with Crippen LogP contribution in [-0.2, 0) is 40.2 Å². The van der Waals surface area contributed by atoms with Crippen LogP contribution in [0.25, 0.3) is 21.6 Å². The molecule has 0 aliphatic carbocycles. The number of aliphatic carboxylic acids is 1. The largest absolute Gasteiger partial charge is 0.491 e. The third-order valence-electron chi connectivity index (χ3n) is 11.9. The van der Waals surface area contributed by atoms with Crippen molar-refractivity contribution in [1.82, 2.24) is 34.0 Å². The van der Waals surface area contributed by atoms with Crippen molar-refractivity contribution in [3.63, 3.8) is 0 Å². The summed E-state index contributed by atoms with van der Waals surface area (Å²) in [6.07, 6.45) is 4.20. The summed E-state index contributed by atoms with van der Waals surface area (Å²) in [7, 11) is -2.34. The number of hydrogen-bond acceptors (Lipinski definition) is 13. The van der Waals surface area contributed by atoms with Gasteiger partial charge in [0.2, 0.25) is 15.9 Å². The minimum Gasteiger partial charge on any atom is -0.491 e. The lowest BCUT2D eigenvalue weighted by Gasteiger charge is -2.31. The van der Waals surface area contributed by atoms with Gasteiger partial charge in [0, 0.05) is 66.1 Å². The number of sulfonamides is 1. The van der Waals surface area contributed by atoms with E-state index in [4.69, 9.17) is 23.9 Å². The van der Waals surface area contributed by atoms with Crippen LogP contribution in [0.15, 0.2) is 76.9 Å². The van der Waals surface area contributed by atoms with Gasteiger partial charge in [-0.1, -0.05) is 29.8 Å². The first-order chi connectivity index (χ1) is 31.8. The van der Waals surface area contributed by atoms with E-state index in [1.807, 2.05) is 11.5 Å².